The molecule has 0 bridgehead atoms. The number of aromatic nitrogens is 2. The molecule has 7 heteroatoms. The summed E-state index contributed by atoms with van der Waals surface area (Å²) in [6, 6.07) is 5.98. The highest BCUT2D eigenvalue weighted by Gasteiger charge is 2.25. The molecule has 1 fully saturated rings. The van der Waals surface area contributed by atoms with Gasteiger partial charge in [-0.1, -0.05) is 12.1 Å². The van der Waals surface area contributed by atoms with Gasteiger partial charge in [0.15, 0.2) is 0 Å². The first-order valence-electron chi connectivity index (χ1n) is 9.05. The molecule has 1 aliphatic heterocycles. The fourth-order valence-electron chi connectivity index (χ4n) is 3.26. The lowest BCUT2D eigenvalue weighted by Gasteiger charge is -2.31. The average Bonchev–Trinajstić information content (AvgIpc) is 2.67. The maximum atomic E-state index is 12.9. The molecule has 1 aromatic heterocycles. The summed E-state index contributed by atoms with van der Waals surface area (Å²) < 4.78 is 12.9. The zero-order chi connectivity index (χ0) is 19.4. The molecule has 0 saturated carbocycles. The topological polar surface area (TPSA) is 75.2 Å². The number of carbonyl (C=O) groups is 2. The maximum absolute atomic E-state index is 12.9. The van der Waals surface area contributed by atoms with Gasteiger partial charge < -0.3 is 10.2 Å². The highest BCUT2D eigenvalue weighted by Crippen LogP contribution is 2.25. The van der Waals surface area contributed by atoms with Crippen molar-refractivity contribution in [2.24, 2.45) is 0 Å². The molecule has 1 atom stereocenters. The molecule has 1 saturated heterocycles. The number of nitrogens with one attached hydrogen (secondary N) is 1. The minimum absolute atomic E-state index is 0.0632. The van der Waals surface area contributed by atoms with Gasteiger partial charge >= 0.3 is 0 Å². The molecule has 27 heavy (non-hydrogen) atoms. The molecule has 2 amide bonds. The lowest BCUT2D eigenvalue weighted by molar-refractivity contribution is -0.130. The normalized spacial score (nSPS) is 16.9. The second kappa shape index (κ2) is 8.24. The largest absolute Gasteiger partial charge is 0.348 e. The molecule has 3 rings (SSSR count). The Labute approximate surface area is 157 Å². The fourth-order valence-corrected chi connectivity index (χ4v) is 3.26. The van der Waals surface area contributed by atoms with Gasteiger partial charge in [0.25, 0.3) is 5.91 Å². The van der Waals surface area contributed by atoms with Crippen molar-refractivity contribution in [2.45, 2.75) is 39.2 Å². The van der Waals surface area contributed by atoms with Gasteiger partial charge in [0, 0.05) is 38.7 Å². The van der Waals surface area contributed by atoms with Crippen molar-refractivity contribution in [3.05, 3.63) is 58.9 Å². The van der Waals surface area contributed by atoms with Crippen molar-refractivity contribution in [1.29, 1.82) is 0 Å². The van der Waals surface area contributed by atoms with E-state index < -0.39 is 0 Å². The van der Waals surface area contributed by atoms with Gasteiger partial charge in [0.1, 0.15) is 11.6 Å². The number of hydrogen-bond donors (Lipinski definition) is 1. The molecule has 6 nitrogen and oxygen atoms in total. The predicted octanol–water partition coefficient (Wildman–Crippen LogP) is 2.58. The Morgan fingerprint density at radius 1 is 1.30 bits per heavy atom. The second-order valence-electron chi connectivity index (χ2n) is 6.84. The van der Waals surface area contributed by atoms with Crippen molar-refractivity contribution in [3.8, 4) is 0 Å². The fraction of sp³-hybridized carbons (Fsp3) is 0.400. The first-order chi connectivity index (χ1) is 12.9. The van der Waals surface area contributed by atoms with Crippen LogP contribution in [-0.4, -0.2) is 39.8 Å². The second-order valence-corrected chi connectivity index (χ2v) is 6.84. The highest BCUT2D eigenvalue weighted by molar-refractivity contribution is 5.94. The summed E-state index contributed by atoms with van der Waals surface area (Å²) in [5.41, 5.74) is 1.84. The number of carbonyl (C=O) groups excluding carboxylic acids is 2. The summed E-state index contributed by atoms with van der Waals surface area (Å²) in [6.45, 7) is 5.04. The van der Waals surface area contributed by atoms with Crippen LogP contribution in [0.2, 0.25) is 0 Å². The van der Waals surface area contributed by atoms with Crippen LogP contribution >= 0.6 is 0 Å². The summed E-state index contributed by atoms with van der Waals surface area (Å²) in [6.07, 6.45) is 3.40. The number of nitrogens with zero attached hydrogens (tertiary/aromatic N) is 3. The quantitative estimate of drug-likeness (QED) is 0.898. The van der Waals surface area contributed by atoms with Gasteiger partial charge in [-0.05, 0) is 37.5 Å². The Balaban J connectivity index is 1.66. The summed E-state index contributed by atoms with van der Waals surface area (Å²) >= 11 is 0. The van der Waals surface area contributed by atoms with Crippen LogP contribution in [0.25, 0.3) is 0 Å². The Bertz CT molecular complexity index is 838. The van der Waals surface area contributed by atoms with Crippen molar-refractivity contribution in [1.82, 2.24) is 20.2 Å². The highest BCUT2D eigenvalue weighted by atomic mass is 19.1. The predicted molar refractivity (Wildman–Crippen MR) is 98.6 cm³/mol. The number of amides is 2. The Morgan fingerprint density at radius 3 is 2.70 bits per heavy atom. The van der Waals surface area contributed by atoms with E-state index in [4.69, 9.17) is 0 Å². The van der Waals surface area contributed by atoms with Gasteiger partial charge in [-0.2, -0.15) is 0 Å². The van der Waals surface area contributed by atoms with Crippen molar-refractivity contribution >= 4 is 11.8 Å². The van der Waals surface area contributed by atoms with Gasteiger partial charge in [-0.15, -0.1) is 0 Å². The number of piperidine rings is 1. The third-order valence-electron chi connectivity index (χ3n) is 4.84. The standard InChI is InChI=1S/C20H23FN4O2/c1-13-18(20(27)23-10-15-5-7-17(21)8-6-15)11-22-19(24-13)16-4-3-9-25(12-16)14(2)26/h5-8,11,16H,3-4,9-10,12H2,1-2H3,(H,23,27). The summed E-state index contributed by atoms with van der Waals surface area (Å²) in [7, 11) is 0. The lowest BCUT2D eigenvalue weighted by Crippen LogP contribution is -2.38. The third kappa shape index (κ3) is 4.67. The van der Waals surface area contributed by atoms with Gasteiger partial charge in [-0.3, -0.25) is 9.59 Å². The SMILES string of the molecule is CC(=O)N1CCCC(c2ncc(C(=O)NCc3ccc(F)cc3)c(C)n2)C1. The van der Waals surface area contributed by atoms with E-state index in [1.54, 1.807) is 32.2 Å². The average molecular weight is 370 g/mol. The number of benzene rings is 1. The van der Waals surface area contributed by atoms with Crippen LogP contribution in [0.3, 0.4) is 0 Å². The molecule has 0 spiro atoms. The first kappa shape index (κ1) is 18.9. The summed E-state index contributed by atoms with van der Waals surface area (Å²) in [5, 5.41) is 2.80. The van der Waals surface area contributed by atoms with E-state index in [-0.39, 0.29) is 23.5 Å². The number of hydrogen-bond acceptors (Lipinski definition) is 4. The first-order valence-corrected chi connectivity index (χ1v) is 9.05. The molecule has 1 unspecified atom stereocenters. The molecule has 2 aromatic rings. The van der Waals surface area contributed by atoms with Crippen LogP contribution in [0.1, 0.15) is 53.1 Å². The van der Waals surface area contributed by atoms with E-state index >= 15 is 0 Å². The molecule has 0 aliphatic carbocycles. The van der Waals surface area contributed by atoms with Crippen LogP contribution in [0, 0.1) is 12.7 Å². The lowest BCUT2D eigenvalue weighted by atomic mass is 9.97. The molecule has 2 heterocycles. The zero-order valence-corrected chi connectivity index (χ0v) is 15.5. The van der Waals surface area contributed by atoms with Crippen LogP contribution < -0.4 is 5.32 Å². The van der Waals surface area contributed by atoms with Crippen molar-refractivity contribution in [2.75, 3.05) is 13.1 Å². The number of likely N-dealkylation sites (tertiary alicyclic amines) is 1. The van der Waals surface area contributed by atoms with E-state index in [9.17, 15) is 14.0 Å². The summed E-state index contributed by atoms with van der Waals surface area (Å²) in [4.78, 5) is 34.7. The Hall–Kier alpha value is -2.83. The van der Waals surface area contributed by atoms with Gasteiger partial charge in [0.05, 0.1) is 11.3 Å². The van der Waals surface area contributed by atoms with E-state index in [1.165, 1.54) is 12.1 Å². The van der Waals surface area contributed by atoms with E-state index in [0.717, 1.165) is 24.9 Å². The van der Waals surface area contributed by atoms with Crippen LogP contribution in [-0.2, 0) is 11.3 Å². The van der Waals surface area contributed by atoms with Gasteiger partial charge in [0.2, 0.25) is 5.91 Å². The van der Waals surface area contributed by atoms with Crippen molar-refractivity contribution in [3.63, 3.8) is 0 Å². The van der Waals surface area contributed by atoms with Crippen LogP contribution in [0.15, 0.2) is 30.5 Å². The molecule has 1 aromatic carbocycles. The Morgan fingerprint density at radius 2 is 2.04 bits per heavy atom. The van der Waals surface area contributed by atoms with Crippen LogP contribution in [0.4, 0.5) is 4.39 Å². The number of halogens is 1. The zero-order valence-electron chi connectivity index (χ0n) is 15.5. The Kier molecular flexibility index (Phi) is 5.78. The minimum Gasteiger partial charge on any atom is -0.348 e. The number of aryl methyl sites for hydroxylation is 1. The molecule has 0 radical (unpaired) electrons. The van der Waals surface area contributed by atoms with E-state index in [0.29, 0.717) is 30.2 Å². The maximum Gasteiger partial charge on any atom is 0.254 e. The van der Waals surface area contributed by atoms with Crippen LogP contribution in [0.5, 0.6) is 0 Å². The third-order valence-corrected chi connectivity index (χ3v) is 4.84. The van der Waals surface area contributed by atoms with E-state index in [2.05, 4.69) is 15.3 Å². The smallest absolute Gasteiger partial charge is 0.254 e. The summed E-state index contributed by atoms with van der Waals surface area (Å²) in [5.74, 6) is 0.257. The monoisotopic (exact) mass is 370 g/mol. The molecule has 1 aliphatic rings. The number of rotatable bonds is 4. The molecular formula is C20H23FN4O2. The van der Waals surface area contributed by atoms with Crippen molar-refractivity contribution < 1.29 is 14.0 Å². The minimum atomic E-state index is -0.309. The molecule has 142 valence electrons. The van der Waals surface area contributed by atoms with Gasteiger partial charge in [-0.25, -0.2) is 14.4 Å². The molecular weight excluding hydrogens is 347 g/mol. The molecule has 1 N–H and O–H groups in total. The van der Waals surface area contributed by atoms with E-state index in [1.807, 2.05) is 4.90 Å².